The number of halogens is 1. The van der Waals surface area contributed by atoms with Gasteiger partial charge in [-0.05, 0) is 42.6 Å². The minimum Gasteiger partial charge on any atom is -0.465 e. The van der Waals surface area contributed by atoms with Gasteiger partial charge in [-0.2, -0.15) is 9.61 Å². The standard InChI is InChI=1S/C24H23BClN5O2/c1-2-16(11-12-27-23(32)10-9-17-6-5-13-33-17)29-22-14-21(18-7-3-4-8-20(18)26)30-24-19(25)15-28-31(22)24/h3-10,13-16,29H,2,11-12H2,1H3,(H,27,32)/b10-9+. The molecular weight excluding hydrogens is 437 g/mol. The molecule has 9 heteroatoms. The molecule has 0 aliphatic rings. The molecule has 1 aromatic carbocycles. The third-order valence-corrected chi connectivity index (χ3v) is 5.56. The summed E-state index contributed by atoms with van der Waals surface area (Å²) in [5.74, 6) is 1.21. The molecule has 0 aliphatic carbocycles. The van der Waals surface area contributed by atoms with Gasteiger partial charge in [0.15, 0.2) is 5.65 Å². The Morgan fingerprint density at radius 1 is 1.30 bits per heavy atom. The number of nitrogens with one attached hydrogen (secondary N) is 2. The van der Waals surface area contributed by atoms with Crippen LogP contribution < -0.4 is 16.1 Å². The summed E-state index contributed by atoms with van der Waals surface area (Å²) in [6.07, 6.45) is 7.81. The minimum atomic E-state index is -0.173. The van der Waals surface area contributed by atoms with Gasteiger partial charge in [0.2, 0.25) is 5.91 Å². The predicted octanol–water partition coefficient (Wildman–Crippen LogP) is 3.85. The second-order valence-electron chi connectivity index (χ2n) is 7.52. The molecule has 33 heavy (non-hydrogen) atoms. The van der Waals surface area contributed by atoms with Crippen LogP contribution in [0.4, 0.5) is 5.82 Å². The van der Waals surface area contributed by atoms with Crippen LogP contribution in [0.15, 0.2) is 65.4 Å². The van der Waals surface area contributed by atoms with Gasteiger partial charge >= 0.3 is 0 Å². The topological polar surface area (TPSA) is 84.5 Å². The Hall–Kier alpha value is -3.52. The van der Waals surface area contributed by atoms with Gasteiger partial charge in [-0.25, -0.2) is 4.98 Å². The molecule has 1 amide bonds. The number of benzene rings is 1. The highest BCUT2D eigenvalue weighted by Crippen LogP contribution is 2.28. The summed E-state index contributed by atoms with van der Waals surface area (Å²) in [5.41, 5.74) is 2.56. The smallest absolute Gasteiger partial charge is 0.244 e. The monoisotopic (exact) mass is 459 g/mol. The molecule has 4 aromatic rings. The maximum atomic E-state index is 12.1. The second-order valence-corrected chi connectivity index (χ2v) is 7.93. The van der Waals surface area contributed by atoms with Crippen LogP contribution in [0.2, 0.25) is 5.02 Å². The molecule has 0 aliphatic heterocycles. The lowest BCUT2D eigenvalue weighted by molar-refractivity contribution is -0.116. The molecule has 7 nitrogen and oxygen atoms in total. The maximum Gasteiger partial charge on any atom is 0.244 e. The number of hydrogen-bond acceptors (Lipinski definition) is 5. The largest absolute Gasteiger partial charge is 0.465 e. The van der Waals surface area contributed by atoms with E-state index in [9.17, 15) is 4.79 Å². The summed E-state index contributed by atoms with van der Waals surface area (Å²) in [4.78, 5) is 16.7. The van der Waals surface area contributed by atoms with Gasteiger partial charge in [-0.3, -0.25) is 4.79 Å². The van der Waals surface area contributed by atoms with Crippen LogP contribution in [0.3, 0.4) is 0 Å². The molecule has 1 atom stereocenters. The zero-order chi connectivity index (χ0) is 23.2. The lowest BCUT2D eigenvalue weighted by Crippen LogP contribution is -2.29. The number of nitrogens with zero attached hydrogens (tertiary/aromatic N) is 3. The van der Waals surface area contributed by atoms with Gasteiger partial charge in [0, 0.05) is 41.5 Å². The van der Waals surface area contributed by atoms with E-state index in [0.717, 1.165) is 24.2 Å². The number of furan rings is 1. The van der Waals surface area contributed by atoms with E-state index in [1.807, 2.05) is 30.3 Å². The Morgan fingerprint density at radius 3 is 2.91 bits per heavy atom. The van der Waals surface area contributed by atoms with Gasteiger partial charge in [0.25, 0.3) is 0 Å². The zero-order valence-electron chi connectivity index (χ0n) is 18.2. The van der Waals surface area contributed by atoms with Gasteiger partial charge < -0.3 is 15.1 Å². The number of anilines is 1. The Kier molecular flexibility index (Phi) is 7.15. The summed E-state index contributed by atoms with van der Waals surface area (Å²) < 4.78 is 6.87. The van der Waals surface area contributed by atoms with Crippen LogP contribution >= 0.6 is 11.6 Å². The van der Waals surface area contributed by atoms with Crippen molar-refractivity contribution in [1.29, 1.82) is 0 Å². The zero-order valence-corrected chi connectivity index (χ0v) is 18.9. The van der Waals surface area contributed by atoms with E-state index < -0.39 is 0 Å². The van der Waals surface area contributed by atoms with Crippen molar-refractivity contribution < 1.29 is 9.21 Å². The van der Waals surface area contributed by atoms with Crippen LogP contribution in [-0.4, -0.2) is 40.9 Å². The van der Waals surface area contributed by atoms with Gasteiger partial charge in [-0.1, -0.05) is 36.7 Å². The van der Waals surface area contributed by atoms with Crippen LogP contribution in [-0.2, 0) is 4.79 Å². The number of amides is 1. The first-order valence-corrected chi connectivity index (χ1v) is 11.1. The van der Waals surface area contributed by atoms with Crippen molar-refractivity contribution in [1.82, 2.24) is 19.9 Å². The van der Waals surface area contributed by atoms with E-state index in [-0.39, 0.29) is 11.9 Å². The Balaban J connectivity index is 1.47. The van der Waals surface area contributed by atoms with E-state index in [2.05, 4.69) is 27.6 Å². The van der Waals surface area contributed by atoms with Crippen LogP contribution in [0, 0.1) is 0 Å². The third kappa shape index (κ3) is 5.46. The third-order valence-electron chi connectivity index (χ3n) is 5.23. The molecule has 0 saturated heterocycles. The minimum absolute atomic E-state index is 0.0921. The Bertz CT molecular complexity index is 1270. The lowest BCUT2D eigenvalue weighted by Gasteiger charge is -2.20. The molecule has 2 N–H and O–H groups in total. The number of fused-ring (bicyclic) bond motifs is 1. The number of carbonyl (C=O) groups excluding carboxylic acids is 1. The highest BCUT2D eigenvalue weighted by Gasteiger charge is 2.15. The molecule has 0 fully saturated rings. The molecule has 3 heterocycles. The van der Waals surface area contributed by atoms with Crippen molar-refractivity contribution in [3.8, 4) is 11.3 Å². The molecule has 0 bridgehead atoms. The maximum absolute atomic E-state index is 12.1. The van der Waals surface area contributed by atoms with Gasteiger partial charge in [-0.15, -0.1) is 0 Å². The number of carbonyl (C=O) groups is 1. The SMILES string of the molecule is [B]c1cnn2c(NC(CC)CCNC(=O)/C=C/c3ccco3)cc(-c3ccccc3Cl)nc12. The normalized spacial score (nSPS) is 12.3. The lowest BCUT2D eigenvalue weighted by atomic mass is 10.0. The average molecular weight is 460 g/mol. The summed E-state index contributed by atoms with van der Waals surface area (Å²) in [7, 11) is 6.10. The van der Waals surface area contributed by atoms with E-state index >= 15 is 0 Å². The molecule has 0 saturated carbocycles. The Morgan fingerprint density at radius 2 is 2.15 bits per heavy atom. The summed E-state index contributed by atoms with van der Waals surface area (Å²) in [5, 5.41) is 11.4. The first-order valence-electron chi connectivity index (χ1n) is 10.7. The van der Waals surface area contributed by atoms with Crippen molar-refractivity contribution in [3.63, 3.8) is 0 Å². The Labute approximate surface area is 198 Å². The van der Waals surface area contributed by atoms with E-state index in [0.29, 0.717) is 34.1 Å². The van der Waals surface area contributed by atoms with Gasteiger partial charge in [0.05, 0.1) is 12.0 Å². The quantitative estimate of drug-likeness (QED) is 0.293. The van der Waals surface area contributed by atoms with Crippen molar-refractivity contribution in [3.05, 3.63) is 71.8 Å². The van der Waals surface area contributed by atoms with E-state index in [1.54, 1.807) is 35.2 Å². The highest BCUT2D eigenvalue weighted by molar-refractivity contribution is 6.36. The number of aromatic nitrogens is 3. The second kappa shape index (κ2) is 10.4. The van der Waals surface area contributed by atoms with Crippen molar-refractivity contribution in [2.45, 2.75) is 25.8 Å². The molecule has 1 unspecified atom stereocenters. The summed E-state index contributed by atoms with van der Waals surface area (Å²) >= 11 is 6.40. The van der Waals surface area contributed by atoms with Crippen LogP contribution in [0.5, 0.6) is 0 Å². The van der Waals surface area contributed by atoms with Crippen molar-refractivity contribution in [2.75, 3.05) is 11.9 Å². The fourth-order valence-electron chi connectivity index (χ4n) is 3.45. The summed E-state index contributed by atoms with van der Waals surface area (Å²) in [6, 6.07) is 13.1. The molecule has 166 valence electrons. The van der Waals surface area contributed by atoms with Crippen molar-refractivity contribution in [2.24, 2.45) is 0 Å². The summed E-state index contributed by atoms with van der Waals surface area (Å²) in [6.45, 7) is 2.60. The van der Waals surface area contributed by atoms with Crippen LogP contribution in [0.1, 0.15) is 25.5 Å². The first kappa shape index (κ1) is 22.7. The van der Waals surface area contributed by atoms with Crippen LogP contribution in [0.25, 0.3) is 23.0 Å². The highest BCUT2D eigenvalue weighted by atomic mass is 35.5. The molecular formula is C24H23BClN5O2. The van der Waals surface area contributed by atoms with Crippen molar-refractivity contribution >= 4 is 48.4 Å². The number of hydrogen-bond donors (Lipinski definition) is 2. The van der Waals surface area contributed by atoms with Gasteiger partial charge in [0.1, 0.15) is 19.4 Å². The van der Waals surface area contributed by atoms with E-state index in [1.165, 1.54) is 6.08 Å². The number of rotatable bonds is 9. The molecule has 3 aromatic heterocycles. The average Bonchev–Trinajstić information content (AvgIpc) is 3.47. The fourth-order valence-corrected chi connectivity index (χ4v) is 3.68. The predicted molar refractivity (Wildman–Crippen MR) is 132 cm³/mol. The fraction of sp³-hybridized carbons (Fsp3) is 0.208. The molecule has 0 spiro atoms. The molecule has 2 radical (unpaired) electrons. The molecule has 4 rings (SSSR count). The van der Waals surface area contributed by atoms with E-state index in [4.69, 9.17) is 23.9 Å². The first-order chi connectivity index (χ1) is 16.0.